The molecule has 1 aromatic heterocycles. The summed E-state index contributed by atoms with van der Waals surface area (Å²) in [5.41, 5.74) is 2.14. The zero-order chi connectivity index (χ0) is 15.4. The molecule has 112 valence electrons. The Kier molecular flexibility index (Phi) is 5.47. The summed E-state index contributed by atoms with van der Waals surface area (Å²) in [4.78, 5) is 12.8. The highest BCUT2D eigenvalue weighted by Gasteiger charge is 2.13. The van der Waals surface area contributed by atoms with Crippen LogP contribution >= 0.6 is 31.9 Å². The normalized spacial score (nSPS) is 10.6. The van der Waals surface area contributed by atoms with Crippen LogP contribution in [-0.4, -0.2) is 17.6 Å². The maximum Gasteiger partial charge on any atom is 0.305 e. The van der Waals surface area contributed by atoms with E-state index in [2.05, 4.69) is 31.9 Å². The minimum atomic E-state index is -0.811. The van der Waals surface area contributed by atoms with E-state index in [1.165, 1.54) is 5.56 Å². The molecule has 0 aliphatic carbocycles. The number of carboxylic acids is 1. The van der Waals surface area contributed by atoms with Crippen molar-refractivity contribution in [2.45, 2.75) is 19.9 Å². The largest absolute Gasteiger partial charge is 0.481 e. The zero-order valence-electron chi connectivity index (χ0n) is 11.5. The van der Waals surface area contributed by atoms with Crippen LogP contribution in [0.3, 0.4) is 0 Å². The molecule has 0 unspecified atom stereocenters. The smallest absolute Gasteiger partial charge is 0.305 e. The number of nitrogens with zero attached hydrogens (tertiary/aromatic N) is 1. The molecule has 4 nitrogen and oxygen atoms in total. The Morgan fingerprint density at radius 2 is 1.95 bits per heavy atom. The molecular weight excluding hydrogens is 402 g/mol. The predicted molar refractivity (Wildman–Crippen MR) is 88.6 cm³/mol. The van der Waals surface area contributed by atoms with Gasteiger partial charge in [-0.25, -0.2) is 0 Å². The molecule has 0 bridgehead atoms. The number of benzene rings is 1. The summed E-state index contributed by atoms with van der Waals surface area (Å²) in [6.45, 7) is 2.96. The molecule has 0 saturated carbocycles. The highest BCUT2D eigenvalue weighted by Crippen LogP contribution is 2.28. The molecule has 0 amide bonds. The van der Waals surface area contributed by atoms with Gasteiger partial charge in [0.2, 0.25) is 0 Å². The van der Waals surface area contributed by atoms with Crippen molar-refractivity contribution in [3.8, 4) is 0 Å². The van der Waals surface area contributed by atoms with Crippen LogP contribution in [0.25, 0.3) is 0 Å². The summed E-state index contributed by atoms with van der Waals surface area (Å²) < 4.78 is 7.06. The average molecular weight is 417 g/mol. The summed E-state index contributed by atoms with van der Waals surface area (Å²) in [5, 5.41) is 8.90. The van der Waals surface area contributed by atoms with Crippen LogP contribution in [-0.2, 0) is 11.3 Å². The van der Waals surface area contributed by atoms with Gasteiger partial charge in [-0.2, -0.15) is 0 Å². The van der Waals surface area contributed by atoms with Crippen LogP contribution in [0.5, 0.6) is 0 Å². The quantitative estimate of drug-likeness (QED) is 0.747. The lowest BCUT2D eigenvalue weighted by molar-refractivity contribution is -0.136. The van der Waals surface area contributed by atoms with Crippen LogP contribution in [0.4, 0.5) is 5.69 Å². The highest BCUT2D eigenvalue weighted by atomic mass is 79.9. The van der Waals surface area contributed by atoms with Gasteiger partial charge in [-0.1, -0.05) is 17.7 Å². The van der Waals surface area contributed by atoms with Gasteiger partial charge in [0.05, 0.1) is 17.4 Å². The SMILES string of the molecule is Cc1ccc(N(CCC(=O)O)Cc2cc(Br)c(Br)o2)cc1. The Bertz CT molecular complexity index is 603. The number of anilines is 1. The van der Waals surface area contributed by atoms with E-state index in [0.29, 0.717) is 17.8 Å². The minimum Gasteiger partial charge on any atom is -0.481 e. The number of halogens is 2. The number of aryl methyl sites for hydroxylation is 1. The topological polar surface area (TPSA) is 53.7 Å². The number of hydrogen-bond donors (Lipinski definition) is 1. The van der Waals surface area contributed by atoms with Gasteiger partial charge < -0.3 is 14.4 Å². The number of carbonyl (C=O) groups is 1. The third kappa shape index (κ3) is 4.61. The second-order valence-corrected chi connectivity index (χ2v) is 6.31. The first-order valence-corrected chi connectivity index (χ1v) is 8.01. The van der Waals surface area contributed by atoms with Crippen LogP contribution in [0.2, 0.25) is 0 Å². The number of carboxylic acid groups (broad SMARTS) is 1. The van der Waals surface area contributed by atoms with Crippen LogP contribution < -0.4 is 4.90 Å². The minimum absolute atomic E-state index is 0.0803. The fraction of sp³-hybridized carbons (Fsp3) is 0.267. The third-order valence-electron chi connectivity index (χ3n) is 3.04. The van der Waals surface area contributed by atoms with E-state index in [0.717, 1.165) is 15.9 Å². The Morgan fingerprint density at radius 1 is 1.29 bits per heavy atom. The van der Waals surface area contributed by atoms with Crippen molar-refractivity contribution in [3.63, 3.8) is 0 Å². The number of rotatable bonds is 6. The van der Waals surface area contributed by atoms with Gasteiger partial charge in [-0.15, -0.1) is 0 Å². The molecule has 1 N–H and O–H groups in total. The maximum absolute atomic E-state index is 10.8. The maximum atomic E-state index is 10.8. The van der Waals surface area contributed by atoms with Crippen LogP contribution in [0, 0.1) is 6.92 Å². The Labute approximate surface area is 140 Å². The molecule has 2 aromatic rings. The van der Waals surface area contributed by atoms with Gasteiger partial charge >= 0.3 is 5.97 Å². The van der Waals surface area contributed by atoms with Gasteiger partial charge in [0.1, 0.15) is 5.76 Å². The first-order chi connectivity index (χ1) is 9.95. The molecule has 0 aliphatic heterocycles. The Morgan fingerprint density at radius 3 is 2.48 bits per heavy atom. The van der Waals surface area contributed by atoms with Crippen molar-refractivity contribution in [2.24, 2.45) is 0 Å². The van der Waals surface area contributed by atoms with E-state index in [-0.39, 0.29) is 6.42 Å². The standard InChI is InChI=1S/C15H15Br2NO3/c1-10-2-4-11(5-3-10)18(7-6-14(19)20)9-12-8-13(16)15(17)21-12/h2-5,8H,6-7,9H2,1H3,(H,19,20). The van der Waals surface area contributed by atoms with E-state index in [1.54, 1.807) is 0 Å². The lowest BCUT2D eigenvalue weighted by Crippen LogP contribution is -2.25. The van der Waals surface area contributed by atoms with Crippen molar-refractivity contribution in [1.82, 2.24) is 0 Å². The zero-order valence-corrected chi connectivity index (χ0v) is 14.6. The molecule has 2 rings (SSSR count). The molecule has 6 heteroatoms. The fourth-order valence-electron chi connectivity index (χ4n) is 1.94. The predicted octanol–water partition coefficient (Wildman–Crippen LogP) is 4.59. The second kappa shape index (κ2) is 7.13. The van der Waals surface area contributed by atoms with Gasteiger partial charge in [-0.3, -0.25) is 4.79 Å². The summed E-state index contributed by atoms with van der Waals surface area (Å²) in [5.74, 6) is -0.0476. The van der Waals surface area contributed by atoms with Crippen molar-refractivity contribution in [3.05, 3.63) is 50.8 Å². The molecule has 0 fully saturated rings. The molecule has 21 heavy (non-hydrogen) atoms. The first kappa shape index (κ1) is 16.1. The summed E-state index contributed by atoms with van der Waals surface area (Å²) in [7, 11) is 0. The molecule has 0 aliphatic rings. The summed E-state index contributed by atoms with van der Waals surface area (Å²) in [6, 6.07) is 9.88. The van der Waals surface area contributed by atoms with E-state index in [4.69, 9.17) is 9.52 Å². The van der Waals surface area contributed by atoms with Gasteiger partial charge in [-0.05, 0) is 57.0 Å². The number of furan rings is 1. The third-order valence-corrected chi connectivity index (χ3v) is 4.75. The van der Waals surface area contributed by atoms with Crippen LogP contribution in [0.15, 0.2) is 43.9 Å². The van der Waals surface area contributed by atoms with E-state index < -0.39 is 5.97 Å². The van der Waals surface area contributed by atoms with E-state index in [9.17, 15) is 4.79 Å². The fourth-order valence-corrected chi connectivity index (χ4v) is 2.60. The van der Waals surface area contributed by atoms with Crippen LogP contribution in [0.1, 0.15) is 17.7 Å². The monoisotopic (exact) mass is 415 g/mol. The van der Waals surface area contributed by atoms with Gasteiger partial charge in [0.25, 0.3) is 0 Å². The Balaban J connectivity index is 2.18. The number of hydrogen-bond acceptors (Lipinski definition) is 3. The molecule has 1 aromatic carbocycles. The molecule has 1 heterocycles. The van der Waals surface area contributed by atoms with Crippen molar-refractivity contribution >= 4 is 43.5 Å². The molecule has 0 atom stereocenters. The first-order valence-electron chi connectivity index (χ1n) is 6.43. The second-order valence-electron chi connectivity index (χ2n) is 4.74. The molecular formula is C15H15Br2NO3. The van der Waals surface area contributed by atoms with Crippen molar-refractivity contribution < 1.29 is 14.3 Å². The Hall–Kier alpha value is -1.27. The summed E-state index contributed by atoms with van der Waals surface area (Å²) >= 11 is 6.69. The number of aliphatic carboxylic acids is 1. The van der Waals surface area contributed by atoms with Gasteiger partial charge in [0, 0.05) is 12.2 Å². The van der Waals surface area contributed by atoms with E-state index >= 15 is 0 Å². The van der Waals surface area contributed by atoms with Crippen molar-refractivity contribution in [2.75, 3.05) is 11.4 Å². The molecule has 0 radical (unpaired) electrons. The highest BCUT2D eigenvalue weighted by molar-refractivity contribution is 9.13. The average Bonchev–Trinajstić information content (AvgIpc) is 2.74. The molecule has 0 spiro atoms. The van der Waals surface area contributed by atoms with Crippen molar-refractivity contribution in [1.29, 1.82) is 0 Å². The van der Waals surface area contributed by atoms with E-state index in [1.807, 2.05) is 42.2 Å². The molecule has 0 saturated heterocycles. The lowest BCUT2D eigenvalue weighted by Gasteiger charge is -2.23. The summed E-state index contributed by atoms with van der Waals surface area (Å²) in [6.07, 6.45) is 0.0803. The van der Waals surface area contributed by atoms with Gasteiger partial charge in [0.15, 0.2) is 4.67 Å². The lowest BCUT2D eigenvalue weighted by atomic mass is 10.2.